The number of amides is 3. The summed E-state index contributed by atoms with van der Waals surface area (Å²) < 4.78 is 6.11. The second kappa shape index (κ2) is 18.1. The van der Waals surface area contributed by atoms with Crippen LogP contribution in [0.3, 0.4) is 0 Å². The number of nitrogens with zero attached hydrogens (tertiary/aromatic N) is 2. The number of imide groups is 1. The molecule has 14 nitrogen and oxygen atoms in total. The van der Waals surface area contributed by atoms with E-state index in [4.69, 9.17) is 16.2 Å². The largest absolute Gasteiger partial charge is 0.493 e. The number of aromatic amines is 1. The van der Waals surface area contributed by atoms with Gasteiger partial charge in [-0.3, -0.25) is 24.1 Å². The van der Waals surface area contributed by atoms with Crippen molar-refractivity contribution in [1.29, 1.82) is 0 Å². The number of ketones is 1. The molecule has 296 valence electrons. The van der Waals surface area contributed by atoms with Crippen molar-refractivity contribution in [2.75, 3.05) is 13.2 Å². The van der Waals surface area contributed by atoms with E-state index < -0.39 is 65.0 Å². The van der Waals surface area contributed by atoms with Crippen LogP contribution in [0, 0.1) is 17.8 Å². The molecule has 3 amide bonds. The molecule has 8 N–H and O–H groups in total. The van der Waals surface area contributed by atoms with Gasteiger partial charge in [0.05, 0.1) is 36.6 Å². The van der Waals surface area contributed by atoms with E-state index >= 15 is 4.79 Å². The molecule has 1 aromatic heterocycles. The number of carboxylic acid groups (broad SMARTS) is 1. The molecular formula is C41H54N6O8. The molecule has 1 aliphatic heterocycles. The number of carbonyl (C=O) groups is 5. The smallest absolute Gasteiger partial charge is 0.335 e. The number of rotatable bonds is 17. The molecule has 0 saturated heterocycles. The Morgan fingerprint density at radius 1 is 1.05 bits per heavy atom. The average Bonchev–Trinajstić information content (AvgIpc) is 3.85. The molecule has 0 radical (unpaired) electrons. The second-order valence-electron chi connectivity index (χ2n) is 15.5. The Bertz CT molecular complexity index is 1810. The third kappa shape index (κ3) is 9.31. The highest BCUT2D eigenvalue weighted by molar-refractivity contribution is 6.06. The summed E-state index contributed by atoms with van der Waals surface area (Å²) >= 11 is 0. The maximum Gasteiger partial charge on any atom is 0.335 e. The first-order valence-electron chi connectivity index (χ1n) is 19.1. The normalized spacial score (nSPS) is 18.9. The summed E-state index contributed by atoms with van der Waals surface area (Å²) in [6, 6.07) is 10.4. The minimum absolute atomic E-state index is 0.0272. The molecule has 6 atom stereocenters. The quantitative estimate of drug-likeness (QED) is 0.117. The van der Waals surface area contributed by atoms with Crippen LogP contribution in [-0.2, 0) is 32.0 Å². The van der Waals surface area contributed by atoms with Crippen LogP contribution >= 0.6 is 0 Å². The molecule has 14 heteroatoms. The topological polar surface area (TPSA) is 231 Å². The van der Waals surface area contributed by atoms with E-state index in [0.717, 1.165) is 42.6 Å². The molecule has 0 bridgehead atoms. The highest BCUT2D eigenvalue weighted by Gasteiger charge is 2.60. The lowest BCUT2D eigenvalue weighted by Gasteiger charge is -2.48. The maximum absolute atomic E-state index is 16.1. The lowest BCUT2D eigenvalue weighted by molar-refractivity contribution is -0.163. The fraction of sp³-hybridized carbons (Fsp3) is 0.512. The first kappa shape index (κ1) is 41.2. The molecule has 55 heavy (non-hydrogen) atoms. The van der Waals surface area contributed by atoms with Gasteiger partial charge in [0.2, 0.25) is 17.7 Å². The number of carbonyl (C=O) groups excluding carboxylic acids is 4. The summed E-state index contributed by atoms with van der Waals surface area (Å²) in [5, 5.41) is 24.9. The van der Waals surface area contributed by atoms with Gasteiger partial charge in [-0.1, -0.05) is 76.3 Å². The third-order valence-electron chi connectivity index (χ3n) is 11.0. The number of hydrogen-bond acceptors (Lipinski definition) is 10. The van der Waals surface area contributed by atoms with Crippen LogP contribution in [0.2, 0.25) is 0 Å². The van der Waals surface area contributed by atoms with E-state index in [-0.39, 0.29) is 61.1 Å². The van der Waals surface area contributed by atoms with E-state index in [1.807, 2.05) is 19.9 Å². The Hall–Kier alpha value is -4.92. The number of aliphatic hydroxyl groups excluding tert-OH is 1. The average molecular weight is 759 g/mol. The minimum atomic E-state index is -2.18. The predicted octanol–water partition coefficient (Wildman–Crippen LogP) is 3.13. The van der Waals surface area contributed by atoms with E-state index in [2.05, 4.69) is 15.3 Å². The number of aliphatic hydroxyl groups is 1. The van der Waals surface area contributed by atoms with Gasteiger partial charge in [0.1, 0.15) is 17.3 Å². The summed E-state index contributed by atoms with van der Waals surface area (Å²) in [6.45, 7) is 5.06. The van der Waals surface area contributed by atoms with Crippen LogP contribution in [0.1, 0.15) is 92.4 Å². The zero-order valence-electron chi connectivity index (χ0n) is 31.8. The van der Waals surface area contributed by atoms with Gasteiger partial charge in [0, 0.05) is 43.3 Å². The van der Waals surface area contributed by atoms with Crippen LogP contribution in [0.4, 0.5) is 0 Å². The Kier molecular flexibility index (Phi) is 13.6. The van der Waals surface area contributed by atoms with Crippen molar-refractivity contribution in [1.82, 2.24) is 20.2 Å². The Morgan fingerprint density at radius 2 is 1.76 bits per heavy atom. The van der Waals surface area contributed by atoms with Crippen molar-refractivity contribution in [2.45, 2.75) is 102 Å². The first-order valence-corrected chi connectivity index (χ1v) is 19.1. The zero-order valence-corrected chi connectivity index (χ0v) is 31.8. The van der Waals surface area contributed by atoms with Crippen molar-refractivity contribution < 1.29 is 38.9 Å². The number of nitrogens with two attached hydrogens (primary N) is 2. The monoisotopic (exact) mass is 758 g/mol. The fourth-order valence-corrected chi connectivity index (χ4v) is 8.23. The number of fused-ring (bicyclic) bond motifs is 1. The zero-order chi connectivity index (χ0) is 39.9. The first-order chi connectivity index (χ1) is 26.2. The highest BCUT2D eigenvalue weighted by Crippen LogP contribution is 2.48. The van der Waals surface area contributed by atoms with Crippen molar-refractivity contribution in [3.05, 3.63) is 83.4 Å². The molecule has 2 aromatic carbocycles. The SMILES string of the molecule is CC(=O)N(C(=O)[C@@H](N)Cc1ccccc1)[C@](Cc1cnc[nH]1)(C(=O)[C@@H](CC1CCCCC1)C(O)C(N)C(=O)NCC(C)C)[C@H]1COc2ccc(C(=O)O)cc21. The number of imidazole rings is 1. The van der Waals surface area contributed by atoms with Gasteiger partial charge < -0.3 is 36.7 Å². The lowest BCUT2D eigenvalue weighted by atomic mass is 9.65. The van der Waals surface area contributed by atoms with E-state index in [9.17, 15) is 29.4 Å². The Balaban J connectivity index is 1.74. The summed E-state index contributed by atoms with van der Waals surface area (Å²) in [5.74, 6) is -6.39. The predicted molar refractivity (Wildman–Crippen MR) is 204 cm³/mol. The fourth-order valence-electron chi connectivity index (χ4n) is 8.23. The summed E-state index contributed by atoms with van der Waals surface area (Å²) in [4.78, 5) is 79.0. The standard InChI is InChI=1S/C41H54N6O8/c1-24(2)20-45-38(51)35(43)36(49)31(16-26-10-6-4-7-11-26)37(50)41(19-29-21-44-23-46-29,32-22-55-34-15-14-28(40(53)54)18-30(32)34)47(25(3)48)39(52)33(42)17-27-12-8-5-9-13-27/h5,8-9,12-15,18,21,23-24,26,31-33,35-36,49H,4,6-7,10-11,16-17,19-20,22,42-43H2,1-3H3,(H,44,46)(H,45,51)(H,53,54)/t31-,32-,33-,35?,36?,41-/m0/s1. The van der Waals surface area contributed by atoms with Gasteiger partial charge in [0.15, 0.2) is 5.78 Å². The molecule has 1 fully saturated rings. The van der Waals surface area contributed by atoms with Crippen molar-refractivity contribution >= 4 is 29.5 Å². The highest BCUT2D eigenvalue weighted by atomic mass is 16.5. The van der Waals surface area contributed by atoms with Gasteiger partial charge >= 0.3 is 5.97 Å². The van der Waals surface area contributed by atoms with Crippen molar-refractivity contribution in [3.63, 3.8) is 0 Å². The molecular weight excluding hydrogens is 704 g/mol. The molecule has 1 aliphatic carbocycles. The molecule has 1 saturated carbocycles. The molecule has 3 aromatic rings. The number of Topliss-reactive ketones (excluding diaryl/α,β-unsaturated/α-hetero) is 1. The number of hydrogen-bond donors (Lipinski definition) is 6. The minimum Gasteiger partial charge on any atom is -0.493 e. The molecule has 0 spiro atoms. The van der Waals surface area contributed by atoms with Crippen LogP contribution in [0.15, 0.2) is 61.1 Å². The van der Waals surface area contributed by atoms with E-state index in [1.54, 1.807) is 24.3 Å². The van der Waals surface area contributed by atoms with Crippen LogP contribution in [-0.4, -0.2) is 91.4 Å². The van der Waals surface area contributed by atoms with Crippen molar-refractivity contribution in [3.8, 4) is 5.75 Å². The van der Waals surface area contributed by atoms with Gasteiger partial charge in [-0.05, 0) is 48.4 Å². The van der Waals surface area contributed by atoms with Gasteiger partial charge in [-0.25, -0.2) is 9.78 Å². The summed E-state index contributed by atoms with van der Waals surface area (Å²) in [6.07, 6.45) is 5.38. The van der Waals surface area contributed by atoms with Gasteiger partial charge in [-0.2, -0.15) is 0 Å². The molecule has 2 heterocycles. The van der Waals surface area contributed by atoms with Gasteiger partial charge in [0.25, 0.3) is 0 Å². The van der Waals surface area contributed by atoms with Crippen LogP contribution < -0.4 is 21.5 Å². The molecule has 2 unspecified atom stereocenters. The second-order valence-corrected chi connectivity index (χ2v) is 15.5. The number of nitrogens with one attached hydrogen (secondary N) is 2. The van der Waals surface area contributed by atoms with E-state index in [1.165, 1.54) is 37.6 Å². The lowest BCUT2D eigenvalue weighted by Crippen LogP contribution is -2.69. The van der Waals surface area contributed by atoms with Crippen LogP contribution in [0.5, 0.6) is 5.75 Å². The van der Waals surface area contributed by atoms with Gasteiger partial charge in [-0.15, -0.1) is 0 Å². The number of carboxylic acids is 1. The number of aromatic nitrogens is 2. The number of benzene rings is 2. The van der Waals surface area contributed by atoms with Crippen LogP contribution in [0.25, 0.3) is 0 Å². The molecule has 5 rings (SSSR count). The number of aromatic carboxylic acids is 1. The van der Waals surface area contributed by atoms with Crippen molar-refractivity contribution in [2.24, 2.45) is 29.2 Å². The van der Waals surface area contributed by atoms with E-state index in [0.29, 0.717) is 5.69 Å². The molecule has 2 aliphatic rings. The Morgan fingerprint density at radius 3 is 2.38 bits per heavy atom. The number of H-pyrrole nitrogens is 1. The number of ether oxygens (including phenoxy) is 1. The summed E-state index contributed by atoms with van der Waals surface area (Å²) in [7, 11) is 0. The third-order valence-corrected chi connectivity index (χ3v) is 11.0. The Labute approximate surface area is 321 Å². The maximum atomic E-state index is 16.1. The summed E-state index contributed by atoms with van der Waals surface area (Å²) in [5.41, 5.74) is 12.2.